The average Bonchev–Trinajstić information content (AvgIpc) is 2.65. The number of ether oxygens (including phenoxy) is 3. The molecule has 0 fully saturated rings. The molecule has 0 amide bonds. The fourth-order valence-electron chi connectivity index (χ4n) is 2.77. The summed E-state index contributed by atoms with van der Waals surface area (Å²) in [5, 5.41) is 9.21. The highest BCUT2D eigenvalue weighted by atomic mass is 16.5. The fraction of sp³-hybridized carbons (Fsp3) is 0.435. The molecule has 0 aliphatic heterocycles. The Morgan fingerprint density at radius 2 is 1.64 bits per heavy atom. The highest BCUT2D eigenvalue weighted by Crippen LogP contribution is 2.24. The molecule has 28 heavy (non-hydrogen) atoms. The summed E-state index contributed by atoms with van der Waals surface area (Å²) in [5.74, 6) is 0.537. The van der Waals surface area contributed by atoms with Gasteiger partial charge in [-0.3, -0.25) is 0 Å². The fourth-order valence-corrected chi connectivity index (χ4v) is 2.77. The molecule has 152 valence electrons. The molecule has 2 rings (SSSR count). The molecule has 2 aromatic carbocycles. The Labute approximate surface area is 167 Å². The van der Waals surface area contributed by atoms with Gasteiger partial charge in [0.25, 0.3) is 0 Å². The molecule has 0 spiro atoms. The minimum absolute atomic E-state index is 0.120. The zero-order valence-corrected chi connectivity index (χ0v) is 17.1. The first-order valence-electron chi connectivity index (χ1n) is 9.59. The van der Waals surface area contributed by atoms with E-state index in [-0.39, 0.29) is 5.41 Å². The predicted molar refractivity (Wildman–Crippen MR) is 109 cm³/mol. The van der Waals surface area contributed by atoms with Gasteiger partial charge in [0.05, 0.1) is 0 Å². The number of hydrogen-bond acceptors (Lipinski definition) is 4. The molecule has 1 atom stereocenters. The van der Waals surface area contributed by atoms with Gasteiger partial charge in [0.1, 0.15) is 24.7 Å². The van der Waals surface area contributed by atoms with Gasteiger partial charge in [-0.1, -0.05) is 45.0 Å². The van der Waals surface area contributed by atoms with Gasteiger partial charge in [-0.05, 0) is 47.7 Å². The summed E-state index contributed by atoms with van der Waals surface area (Å²) in [6.45, 7) is 9.51. The maximum absolute atomic E-state index is 11.2. The Morgan fingerprint density at radius 3 is 2.21 bits per heavy atom. The standard InChI is InChI=1S/C23H30O5/c1-5-26-21(22(24)25)16-17-7-6-8-20(15-17)28-14-13-27-19-11-9-18(10-12-19)23(2,3)4/h6-12,15,21H,5,13-14,16H2,1-4H3,(H,24,25). The van der Waals surface area contributed by atoms with Crippen LogP contribution in [0.5, 0.6) is 11.5 Å². The van der Waals surface area contributed by atoms with Crippen molar-refractivity contribution in [2.24, 2.45) is 0 Å². The molecular formula is C23H30O5. The zero-order valence-electron chi connectivity index (χ0n) is 17.1. The van der Waals surface area contributed by atoms with Crippen LogP contribution in [0.3, 0.4) is 0 Å². The summed E-state index contributed by atoms with van der Waals surface area (Å²) in [4.78, 5) is 11.2. The van der Waals surface area contributed by atoms with E-state index in [9.17, 15) is 9.90 Å². The second kappa shape index (κ2) is 10.1. The van der Waals surface area contributed by atoms with Gasteiger partial charge in [0, 0.05) is 13.0 Å². The van der Waals surface area contributed by atoms with E-state index >= 15 is 0 Å². The maximum Gasteiger partial charge on any atom is 0.333 e. The van der Waals surface area contributed by atoms with E-state index in [1.54, 1.807) is 6.92 Å². The van der Waals surface area contributed by atoms with Crippen molar-refractivity contribution in [1.82, 2.24) is 0 Å². The summed E-state index contributed by atoms with van der Waals surface area (Å²) < 4.78 is 16.7. The van der Waals surface area contributed by atoms with Gasteiger partial charge in [-0.25, -0.2) is 4.79 Å². The van der Waals surface area contributed by atoms with Gasteiger partial charge >= 0.3 is 5.97 Å². The Balaban J connectivity index is 1.82. The summed E-state index contributed by atoms with van der Waals surface area (Å²) >= 11 is 0. The molecular weight excluding hydrogens is 356 g/mol. The molecule has 0 bridgehead atoms. The average molecular weight is 386 g/mol. The van der Waals surface area contributed by atoms with Crippen LogP contribution in [0.25, 0.3) is 0 Å². The van der Waals surface area contributed by atoms with E-state index in [1.165, 1.54) is 5.56 Å². The number of carboxylic acid groups (broad SMARTS) is 1. The first-order valence-corrected chi connectivity index (χ1v) is 9.59. The summed E-state index contributed by atoms with van der Waals surface area (Å²) in [7, 11) is 0. The molecule has 5 nitrogen and oxygen atoms in total. The molecule has 0 radical (unpaired) electrons. The van der Waals surface area contributed by atoms with Crippen molar-refractivity contribution in [1.29, 1.82) is 0 Å². The Hall–Kier alpha value is -2.53. The van der Waals surface area contributed by atoms with Crippen LogP contribution in [-0.4, -0.2) is 37.0 Å². The summed E-state index contributed by atoms with van der Waals surface area (Å²) in [6.07, 6.45) is -0.545. The molecule has 0 heterocycles. The number of carboxylic acids is 1. The van der Waals surface area contributed by atoms with Crippen molar-refractivity contribution in [3.63, 3.8) is 0 Å². The van der Waals surface area contributed by atoms with Crippen LogP contribution in [-0.2, 0) is 21.4 Å². The zero-order chi connectivity index (χ0) is 20.6. The second-order valence-corrected chi connectivity index (χ2v) is 7.61. The van der Waals surface area contributed by atoms with Gasteiger partial charge < -0.3 is 19.3 Å². The van der Waals surface area contributed by atoms with Crippen LogP contribution in [0, 0.1) is 0 Å². The normalized spacial score (nSPS) is 12.4. The van der Waals surface area contributed by atoms with Crippen LogP contribution in [0.2, 0.25) is 0 Å². The van der Waals surface area contributed by atoms with Crippen LogP contribution in [0.4, 0.5) is 0 Å². The molecule has 0 aromatic heterocycles. The number of hydrogen-bond donors (Lipinski definition) is 1. The van der Waals surface area contributed by atoms with Gasteiger partial charge in [-0.15, -0.1) is 0 Å². The first kappa shape index (κ1) is 21.8. The highest BCUT2D eigenvalue weighted by molar-refractivity contribution is 5.72. The molecule has 0 aliphatic rings. The minimum atomic E-state index is -0.959. The molecule has 0 saturated carbocycles. The van der Waals surface area contributed by atoms with Crippen LogP contribution >= 0.6 is 0 Å². The third-order valence-corrected chi connectivity index (χ3v) is 4.30. The van der Waals surface area contributed by atoms with Gasteiger partial charge in [0.15, 0.2) is 6.10 Å². The maximum atomic E-state index is 11.2. The van der Waals surface area contributed by atoms with Crippen LogP contribution < -0.4 is 9.47 Å². The summed E-state index contributed by atoms with van der Waals surface area (Å²) in [6, 6.07) is 15.5. The monoisotopic (exact) mass is 386 g/mol. The quantitative estimate of drug-likeness (QED) is 0.610. The lowest BCUT2D eigenvalue weighted by atomic mass is 9.87. The van der Waals surface area contributed by atoms with Crippen molar-refractivity contribution in [3.05, 3.63) is 59.7 Å². The lowest BCUT2D eigenvalue weighted by molar-refractivity contribution is -0.149. The van der Waals surface area contributed by atoms with E-state index in [2.05, 4.69) is 32.9 Å². The van der Waals surface area contributed by atoms with Crippen molar-refractivity contribution in [2.45, 2.75) is 45.6 Å². The number of carbonyl (C=O) groups is 1. The molecule has 2 aromatic rings. The van der Waals surface area contributed by atoms with Crippen LogP contribution in [0.1, 0.15) is 38.8 Å². The van der Waals surface area contributed by atoms with Crippen molar-refractivity contribution < 1.29 is 24.1 Å². The van der Waals surface area contributed by atoms with Crippen molar-refractivity contribution in [3.8, 4) is 11.5 Å². The van der Waals surface area contributed by atoms with E-state index in [4.69, 9.17) is 14.2 Å². The van der Waals surface area contributed by atoms with Crippen molar-refractivity contribution >= 4 is 5.97 Å². The summed E-state index contributed by atoms with van der Waals surface area (Å²) in [5.41, 5.74) is 2.24. The topological polar surface area (TPSA) is 65.0 Å². The van der Waals surface area contributed by atoms with Gasteiger partial charge in [-0.2, -0.15) is 0 Å². The Bertz CT molecular complexity index is 746. The van der Waals surface area contributed by atoms with E-state index in [0.717, 1.165) is 11.3 Å². The molecule has 5 heteroatoms. The highest BCUT2D eigenvalue weighted by Gasteiger charge is 2.18. The van der Waals surface area contributed by atoms with E-state index in [1.807, 2.05) is 36.4 Å². The first-order chi connectivity index (χ1) is 13.3. The van der Waals surface area contributed by atoms with E-state index < -0.39 is 12.1 Å². The number of aliphatic carboxylic acids is 1. The molecule has 1 unspecified atom stereocenters. The predicted octanol–water partition coefficient (Wildman–Crippen LogP) is 4.47. The van der Waals surface area contributed by atoms with Crippen molar-refractivity contribution in [2.75, 3.05) is 19.8 Å². The number of rotatable bonds is 10. The van der Waals surface area contributed by atoms with Crippen LogP contribution in [0.15, 0.2) is 48.5 Å². The molecule has 0 aliphatic carbocycles. The van der Waals surface area contributed by atoms with Gasteiger partial charge in [0.2, 0.25) is 0 Å². The Kier molecular flexibility index (Phi) is 7.88. The largest absolute Gasteiger partial charge is 0.490 e. The molecule has 0 saturated heterocycles. The lowest BCUT2D eigenvalue weighted by Crippen LogP contribution is -2.26. The molecule has 1 N–H and O–H groups in total. The lowest BCUT2D eigenvalue weighted by Gasteiger charge is -2.19. The third-order valence-electron chi connectivity index (χ3n) is 4.30. The Morgan fingerprint density at radius 1 is 1.00 bits per heavy atom. The third kappa shape index (κ3) is 6.89. The second-order valence-electron chi connectivity index (χ2n) is 7.61. The minimum Gasteiger partial charge on any atom is -0.490 e. The SMILES string of the molecule is CCOC(Cc1cccc(OCCOc2ccc(C(C)(C)C)cc2)c1)C(=O)O. The smallest absolute Gasteiger partial charge is 0.333 e. The number of benzene rings is 2. The van der Waals surface area contributed by atoms with E-state index in [0.29, 0.717) is 32.0 Å².